The third-order valence-electron chi connectivity index (χ3n) is 4.46. The minimum Gasteiger partial charge on any atom is -0.353 e. The van der Waals surface area contributed by atoms with Crippen LogP contribution >= 0.6 is 0 Å². The molecule has 5 heteroatoms. The molecule has 124 valence electrons. The molecule has 0 bridgehead atoms. The summed E-state index contributed by atoms with van der Waals surface area (Å²) < 4.78 is 0. The molecule has 1 unspecified atom stereocenters. The van der Waals surface area contributed by atoms with Gasteiger partial charge in [-0.1, -0.05) is 19.1 Å². The molecule has 1 N–H and O–H groups in total. The SMILES string of the molecule is CCCC(=O)N1CCCCC1C(=O)NCCN1CC=CCC1. The van der Waals surface area contributed by atoms with Crippen LogP contribution in [-0.4, -0.2) is 60.4 Å². The van der Waals surface area contributed by atoms with Crippen molar-refractivity contribution in [3.05, 3.63) is 12.2 Å². The van der Waals surface area contributed by atoms with Gasteiger partial charge in [0, 0.05) is 39.1 Å². The zero-order chi connectivity index (χ0) is 15.8. The Kier molecular flexibility index (Phi) is 6.90. The molecule has 2 aliphatic heterocycles. The summed E-state index contributed by atoms with van der Waals surface area (Å²) in [4.78, 5) is 28.7. The Balaban J connectivity index is 1.78. The van der Waals surface area contributed by atoms with Crippen molar-refractivity contribution in [3.8, 4) is 0 Å². The Morgan fingerprint density at radius 2 is 2.09 bits per heavy atom. The van der Waals surface area contributed by atoms with Crippen LogP contribution in [0.5, 0.6) is 0 Å². The van der Waals surface area contributed by atoms with Gasteiger partial charge in [0.05, 0.1) is 0 Å². The highest BCUT2D eigenvalue weighted by molar-refractivity contribution is 5.87. The third-order valence-corrected chi connectivity index (χ3v) is 4.46. The van der Waals surface area contributed by atoms with E-state index in [0.29, 0.717) is 13.0 Å². The summed E-state index contributed by atoms with van der Waals surface area (Å²) in [5, 5.41) is 3.03. The quantitative estimate of drug-likeness (QED) is 0.758. The highest BCUT2D eigenvalue weighted by atomic mass is 16.2. The second-order valence-corrected chi connectivity index (χ2v) is 6.20. The van der Waals surface area contributed by atoms with Gasteiger partial charge >= 0.3 is 0 Å². The van der Waals surface area contributed by atoms with E-state index >= 15 is 0 Å². The fourth-order valence-corrected chi connectivity index (χ4v) is 3.21. The first kappa shape index (κ1) is 17.0. The Labute approximate surface area is 133 Å². The summed E-state index contributed by atoms with van der Waals surface area (Å²) in [6.07, 6.45) is 9.70. The Bertz CT molecular complexity index is 409. The summed E-state index contributed by atoms with van der Waals surface area (Å²) in [6, 6.07) is -0.256. The molecule has 2 heterocycles. The van der Waals surface area contributed by atoms with E-state index in [1.165, 1.54) is 0 Å². The van der Waals surface area contributed by atoms with Gasteiger partial charge in [-0.2, -0.15) is 0 Å². The van der Waals surface area contributed by atoms with E-state index < -0.39 is 0 Å². The molecule has 2 rings (SSSR count). The van der Waals surface area contributed by atoms with Gasteiger partial charge < -0.3 is 10.2 Å². The minimum absolute atomic E-state index is 0.0247. The van der Waals surface area contributed by atoms with Gasteiger partial charge in [-0.25, -0.2) is 0 Å². The van der Waals surface area contributed by atoms with E-state index in [2.05, 4.69) is 22.4 Å². The number of piperidine rings is 1. The van der Waals surface area contributed by atoms with E-state index in [1.807, 2.05) is 6.92 Å². The van der Waals surface area contributed by atoms with Crippen LogP contribution in [0.15, 0.2) is 12.2 Å². The predicted octanol–water partition coefficient (Wildman–Crippen LogP) is 1.55. The zero-order valence-electron chi connectivity index (χ0n) is 13.7. The molecule has 0 aromatic heterocycles. The van der Waals surface area contributed by atoms with Crippen molar-refractivity contribution in [2.24, 2.45) is 0 Å². The van der Waals surface area contributed by atoms with Crippen molar-refractivity contribution in [2.75, 3.05) is 32.7 Å². The van der Waals surface area contributed by atoms with E-state index in [1.54, 1.807) is 4.90 Å². The van der Waals surface area contributed by atoms with Crippen molar-refractivity contribution in [1.29, 1.82) is 0 Å². The first-order valence-electron chi connectivity index (χ1n) is 8.67. The number of amides is 2. The van der Waals surface area contributed by atoms with Crippen molar-refractivity contribution in [1.82, 2.24) is 15.1 Å². The maximum atomic E-state index is 12.4. The molecule has 22 heavy (non-hydrogen) atoms. The molecule has 0 radical (unpaired) electrons. The molecule has 1 atom stereocenters. The topological polar surface area (TPSA) is 52.7 Å². The Morgan fingerprint density at radius 1 is 1.23 bits per heavy atom. The maximum absolute atomic E-state index is 12.4. The molecule has 2 aliphatic rings. The smallest absolute Gasteiger partial charge is 0.242 e. The number of likely N-dealkylation sites (tertiary alicyclic amines) is 1. The largest absolute Gasteiger partial charge is 0.353 e. The highest BCUT2D eigenvalue weighted by Crippen LogP contribution is 2.18. The van der Waals surface area contributed by atoms with Gasteiger partial charge in [0.15, 0.2) is 0 Å². The average Bonchev–Trinajstić information content (AvgIpc) is 2.56. The molecule has 2 amide bonds. The van der Waals surface area contributed by atoms with E-state index in [4.69, 9.17) is 0 Å². The number of hydrogen-bond donors (Lipinski definition) is 1. The maximum Gasteiger partial charge on any atom is 0.242 e. The average molecular weight is 307 g/mol. The molecule has 0 aliphatic carbocycles. The molecule has 0 saturated carbocycles. The lowest BCUT2D eigenvalue weighted by Crippen LogP contribution is -2.52. The van der Waals surface area contributed by atoms with E-state index in [9.17, 15) is 9.59 Å². The molecular formula is C17H29N3O2. The number of rotatable bonds is 6. The second kappa shape index (κ2) is 8.93. The summed E-state index contributed by atoms with van der Waals surface area (Å²) in [7, 11) is 0. The van der Waals surface area contributed by atoms with Crippen LogP contribution < -0.4 is 5.32 Å². The third kappa shape index (κ3) is 4.83. The van der Waals surface area contributed by atoms with Gasteiger partial charge in [0.2, 0.25) is 11.8 Å². The summed E-state index contributed by atoms with van der Waals surface area (Å²) in [5.41, 5.74) is 0. The molecule has 5 nitrogen and oxygen atoms in total. The summed E-state index contributed by atoms with van der Waals surface area (Å²) in [6.45, 7) is 6.32. The number of hydrogen-bond acceptors (Lipinski definition) is 3. The minimum atomic E-state index is -0.256. The molecular weight excluding hydrogens is 278 g/mol. The standard InChI is InChI=1S/C17H29N3O2/c1-2-8-16(21)20-13-7-4-9-15(20)17(22)18-10-14-19-11-5-3-6-12-19/h3,5,15H,2,4,6-14H2,1H3,(H,18,22). The Hall–Kier alpha value is -1.36. The number of nitrogens with zero attached hydrogens (tertiary/aromatic N) is 2. The van der Waals surface area contributed by atoms with Crippen LogP contribution in [0.2, 0.25) is 0 Å². The van der Waals surface area contributed by atoms with E-state index in [0.717, 1.165) is 58.3 Å². The molecule has 1 fully saturated rings. The van der Waals surface area contributed by atoms with Crippen LogP contribution in [0.1, 0.15) is 45.4 Å². The first-order valence-corrected chi connectivity index (χ1v) is 8.67. The van der Waals surface area contributed by atoms with Crippen LogP contribution in [0.3, 0.4) is 0 Å². The monoisotopic (exact) mass is 307 g/mol. The van der Waals surface area contributed by atoms with Crippen LogP contribution in [0.4, 0.5) is 0 Å². The summed E-state index contributed by atoms with van der Waals surface area (Å²) >= 11 is 0. The van der Waals surface area contributed by atoms with Crippen LogP contribution in [0, 0.1) is 0 Å². The summed E-state index contributed by atoms with van der Waals surface area (Å²) in [5.74, 6) is 0.153. The fraction of sp³-hybridized carbons (Fsp3) is 0.765. The first-order chi connectivity index (χ1) is 10.7. The van der Waals surface area contributed by atoms with Gasteiger partial charge in [-0.05, 0) is 32.1 Å². The zero-order valence-corrected chi connectivity index (χ0v) is 13.7. The van der Waals surface area contributed by atoms with Crippen LogP contribution in [-0.2, 0) is 9.59 Å². The number of carbonyl (C=O) groups excluding carboxylic acids is 2. The van der Waals surface area contributed by atoms with Crippen LogP contribution in [0.25, 0.3) is 0 Å². The van der Waals surface area contributed by atoms with Gasteiger partial charge in [-0.15, -0.1) is 0 Å². The normalized spacial score (nSPS) is 22.6. The van der Waals surface area contributed by atoms with Crippen molar-refractivity contribution >= 4 is 11.8 Å². The molecule has 0 aromatic carbocycles. The van der Waals surface area contributed by atoms with Gasteiger partial charge in [-0.3, -0.25) is 14.5 Å². The van der Waals surface area contributed by atoms with Crippen molar-refractivity contribution < 1.29 is 9.59 Å². The second-order valence-electron chi connectivity index (χ2n) is 6.20. The van der Waals surface area contributed by atoms with Gasteiger partial charge in [0.1, 0.15) is 6.04 Å². The lowest BCUT2D eigenvalue weighted by Gasteiger charge is -2.35. The fourth-order valence-electron chi connectivity index (χ4n) is 3.21. The van der Waals surface area contributed by atoms with Crippen molar-refractivity contribution in [3.63, 3.8) is 0 Å². The number of carbonyl (C=O) groups is 2. The lowest BCUT2D eigenvalue weighted by atomic mass is 10.0. The Morgan fingerprint density at radius 3 is 2.82 bits per heavy atom. The van der Waals surface area contributed by atoms with E-state index in [-0.39, 0.29) is 17.9 Å². The highest BCUT2D eigenvalue weighted by Gasteiger charge is 2.31. The lowest BCUT2D eigenvalue weighted by molar-refractivity contribution is -0.142. The number of nitrogens with one attached hydrogen (secondary N) is 1. The predicted molar refractivity (Wildman–Crippen MR) is 87.5 cm³/mol. The molecule has 1 saturated heterocycles. The van der Waals surface area contributed by atoms with Gasteiger partial charge in [0.25, 0.3) is 0 Å². The van der Waals surface area contributed by atoms with Crippen molar-refractivity contribution in [2.45, 2.75) is 51.5 Å². The molecule has 0 aromatic rings. The molecule has 0 spiro atoms.